The Bertz CT molecular complexity index is 625. The third kappa shape index (κ3) is 3.76. The summed E-state index contributed by atoms with van der Waals surface area (Å²) in [6.07, 6.45) is 3.36. The van der Waals surface area contributed by atoms with E-state index in [2.05, 4.69) is 5.32 Å². The number of rotatable bonds is 4. The normalized spacial score (nSPS) is 16.2. The minimum absolute atomic E-state index is 0.0213. The topological polar surface area (TPSA) is 68.2 Å². The quantitative estimate of drug-likeness (QED) is 0.867. The van der Waals surface area contributed by atoms with Crippen molar-refractivity contribution in [2.75, 3.05) is 6.54 Å². The van der Waals surface area contributed by atoms with E-state index in [1.807, 2.05) is 20.8 Å². The molecule has 5 nitrogen and oxygen atoms in total. The summed E-state index contributed by atoms with van der Waals surface area (Å²) in [5.41, 5.74) is 0.324. The molecule has 112 valence electrons. The zero-order valence-corrected chi connectivity index (χ0v) is 13.4. The van der Waals surface area contributed by atoms with E-state index in [0.717, 1.165) is 12.8 Å². The first-order valence-electron chi connectivity index (χ1n) is 6.53. The van der Waals surface area contributed by atoms with E-state index in [-0.39, 0.29) is 22.3 Å². The van der Waals surface area contributed by atoms with Gasteiger partial charge in [0.05, 0.1) is 0 Å². The Labute approximate surface area is 123 Å². The largest absolute Gasteiger partial charge is 0.350 e. The van der Waals surface area contributed by atoms with Gasteiger partial charge in [0.15, 0.2) is 0 Å². The number of hydrogen-bond donors (Lipinski definition) is 1. The van der Waals surface area contributed by atoms with Crippen LogP contribution in [0.15, 0.2) is 17.2 Å². The van der Waals surface area contributed by atoms with Gasteiger partial charge in [-0.05, 0) is 24.3 Å². The lowest BCUT2D eigenvalue weighted by molar-refractivity contribution is 0.0929. The highest BCUT2D eigenvalue weighted by Gasteiger charge is 2.30. The van der Waals surface area contributed by atoms with E-state index < -0.39 is 9.05 Å². The Balaban J connectivity index is 2.26. The summed E-state index contributed by atoms with van der Waals surface area (Å²) < 4.78 is 24.5. The van der Waals surface area contributed by atoms with Crippen molar-refractivity contribution < 1.29 is 13.2 Å². The summed E-state index contributed by atoms with van der Waals surface area (Å²) in [4.78, 5) is 12.2. The maximum absolute atomic E-state index is 12.2. The number of hydrogen-bond acceptors (Lipinski definition) is 3. The zero-order chi connectivity index (χ0) is 15.1. The molecule has 1 amide bonds. The van der Waals surface area contributed by atoms with Crippen LogP contribution in [0.3, 0.4) is 0 Å². The lowest BCUT2D eigenvalue weighted by Crippen LogP contribution is -2.33. The minimum Gasteiger partial charge on any atom is -0.350 e. The molecule has 0 radical (unpaired) electrons. The third-order valence-corrected chi connectivity index (χ3v) is 4.38. The molecule has 1 aromatic heterocycles. The van der Waals surface area contributed by atoms with Crippen LogP contribution < -0.4 is 5.32 Å². The maximum atomic E-state index is 12.2. The predicted octanol–water partition coefficient (Wildman–Crippen LogP) is 2.53. The monoisotopic (exact) mass is 318 g/mol. The summed E-state index contributed by atoms with van der Waals surface area (Å²) in [6, 6.07) is 1.55. The number of halogens is 1. The molecular weight excluding hydrogens is 300 g/mol. The van der Waals surface area contributed by atoms with Crippen molar-refractivity contribution in [3.05, 3.63) is 18.0 Å². The number of carbonyl (C=O) groups excluding carboxylic acids is 1. The molecule has 7 heteroatoms. The van der Waals surface area contributed by atoms with Crippen LogP contribution in [0.1, 0.15) is 50.1 Å². The van der Waals surface area contributed by atoms with Crippen molar-refractivity contribution in [1.29, 1.82) is 0 Å². The first kappa shape index (κ1) is 15.4. The van der Waals surface area contributed by atoms with E-state index in [9.17, 15) is 13.2 Å². The van der Waals surface area contributed by atoms with Crippen LogP contribution in [0.5, 0.6) is 0 Å². The summed E-state index contributed by atoms with van der Waals surface area (Å²) in [5.74, 6) is -0.265. The van der Waals surface area contributed by atoms with Crippen LogP contribution in [0, 0.1) is 5.41 Å². The zero-order valence-electron chi connectivity index (χ0n) is 11.8. The highest BCUT2D eigenvalue weighted by molar-refractivity contribution is 8.13. The Morgan fingerprint density at radius 1 is 1.45 bits per heavy atom. The lowest BCUT2D eigenvalue weighted by atomic mass is 9.97. The van der Waals surface area contributed by atoms with E-state index in [4.69, 9.17) is 10.7 Å². The number of aromatic nitrogens is 1. The number of nitrogens with one attached hydrogen (secondary N) is 1. The molecule has 20 heavy (non-hydrogen) atoms. The second-order valence-corrected chi connectivity index (χ2v) is 8.95. The van der Waals surface area contributed by atoms with Gasteiger partial charge >= 0.3 is 0 Å². The molecule has 1 N–H and O–H groups in total. The van der Waals surface area contributed by atoms with Crippen molar-refractivity contribution in [1.82, 2.24) is 9.88 Å². The average Bonchev–Trinajstić information content (AvgIpc) is 3.02. The standard InChI is InChI=1S/C13H19ClN2O3S/c1-13(2,3)8-15-12(17)11-6-10(20(14,18)19)7-16(11)9-4-5-9/h6-7,9H,4-5,8H2,1-3H3,(H,15,17). The van der Waals surface area contributed by atoms with Gasteiger partial charge in [0.25, 0.3) is 15.0 Å². The molecule has 1 aliphatic rings. The predicted molar refractivity (Wildman–Crippen MR) is 77.5 cm³/mol. The molecule has 1 aliphatic carbocycles. The Kier molecular flexibility index (Phi) is 3.90. The second-order valence-electron chi connectivity index (χ2n) is 6.38. The Morgan fingerprint density at radius 2 is 2.05 bits per heavy atom. The molecule has 0 unspecified atom stereocenters. The molecular formula is C13H19ClN2O3S. The fourth-order valence-corrected chi connectivity index (χ4v) is 2.61. The number of amides is 1. The fourth-order valence-electron chi connectivity index (χ4n) is 1.86. The average molecular weight is 319 g/mol. The van der Waals surface area contributed by atoms with Gasteiger partial charge in [0, 0.05) is 29.5 Å². The van der Waals surface area contributed by atoms with Crippen LogP contribution in [0.25, 0.3) is 0 Å². The van der Waals surface area contributed by atoms with Crippen molar-refractivity contribution in [3.63, 3.8) is 0 Å². The highest BCUT2D eigenvalue weighted by atomic mass is 35.7. The SMILES string of the molecule is CC(C)(C)CNC(=O)c1cc(S(=O)(=O)Cl)cn1C1CC1. The van der Waals surface area contributed by atoms with Crippen molar-refractivity contribution in [2.45, 2.75) is 44.6 Å². The van der Waals surface area contributed by atoms with E-state index in [0.29, 0.717) is 12.2 Å². The molecule has 0 aromatic carbocycles. The first-order chi connectivity index (χ1) is 9.08. The highest BCUT2D eigenvalue weighted by Crippen LogP contribution is 2.37. The molecule has 0 atom stereocenters. The molecule has 0 bridgehead atoms. The number of nitrogens with zero attached hydrogens (tertiary/aromatic N) is 1. The summed E-state index contributed by atoms with van der Waals surface area (Å²) in [5, 5.41) is 2.83. The lowest BCUT2D eigenvalue weighted by Gasteiger charge is -2.19. The molecule has 1 heterocycles. The summed E-state index contributed by atoms with van der Waals surface area (Å²) >= 11 is 0. The summed E-state index contributed by atoms with van der Waals surface area (Å²) in [7, 11) is 1.53. The third-order valence-electron chi connectivity index (χ3n) is 3.06. The summed E-state index contributed by atoms with van der Waals surface area (Å²) in [6.45, 7) is 6.57. The number of carbonyl (C=O) groups is 1. The molecule has 0 spiro atoms. The van der Waals surface area contributed by atoms with Gasteiger partial charge in [-0.25, -0.2) is 8.42 Å². The molecule has 0 aliphatic heterocycles. The van der Waals surface area contributed by atoms with Crippen LogP contribution >= 0.6 is 10.7 Å². The maximum Gasteiger partial charge on any atom is 0.267 e. The van der Waals surface area contributed by atoms with Crippen molar-refractivity contribution in [2.24, 2.45) is 5.41 Å². The van der Waals surface area contributed by atoms with Crippen molar-refractivity contribution in [3.8, 4) is 0 Å². The van der Waals surface area contributed by atoms with E-state index in [1.54, 1.807) is 4.57 Å². The molecule has 1 fully saturated rings. The fraction of sp³-hybridized carbons (Fsp3) is 0.615. The van der Waals surface area contributed by atoms with Gasteiger partial charge < -0.3 is 9.88 Å². The Morgan fingerprint density at radius 3 is 2.50 bits per heavy atom. The van der Waals surface area contributed by atoms with E-state index in [1.165, 1.54) is 12.3 Å². The van der Waals surface area contributed by atoms with Crippen LogP contribution in [-0.2, 0) is 9.05 Å². The van der Waals surface area contributed by atoms with Gasteiger partial charge in [0.1, 0.15) is 10.6 Å². The first-order valence-corrected chi connectivity index (χ1v) is 8.83. The molecule has 1 aromatic rings. The van der Waals surface area contributed by atoms with E-state index >= 15 is 0 Å². The van der Waals surface area contributed by atoms with Crippen molar-refractivity contribution >= 4 is 25.6 Å². The second kappa shape index (κ2) is 5.07. The van der Waals surface area contributed by atoms with Gasteiger partial charge in [-0.15, -0.1) is 0 Å². The molecule has 0 saturated heterocycles. The molecule has 2 rings (SSSR count). The van der Waals surface area contributed by atoms with Crippen LogP contribution in [-0.4, -0.2) is 25.4 Å². The smallest absolute Gasteiger partial charge is 0.267 e. The Hall–Kier alpha value is -1.01. The van der Waals surface area contributed by atoms with Gasteiger partial charge in [0.2, 0.25) is 0 Å². The van der Waals surface area contributed by atoms with Gasteiger partial charge in [-0.3, -0.25) is 4.79 Å². The van der Waals surface area contributed by atoms with Crippen LogP contribution in [0.2, 0.25) is 0 Å². The molecule has 1 saturated carbocycles. The van der Waals surface area contributed by atoms with Gasteiger partial charge in [-0.2, -0.15) is 0 Å². The van der Waals surface area contributed by atoms with Gasteiger partial charge in [-0.1, -0.05) is 20.8 Å². The van der Waals surface area contributed by atoms with Crippen LogP contribution in [0.4, 0.5) is 0 Å². The minimum atomic E-state index is -3.82.